The van der Waals surface area contributed by atoms with Crippen molar-refractivity contribution < 1.29 is 9.53 Å². The summed E-state index contributed by atoms with van der Waals surface area (Å²) in [5.74, 6) is -0.0331. The highest BCUT2D eigenvalue weighted by atomic mass is 16.5. The Balaban J connectivity index is 1.99. The highest BCUT2D eigenvalue weighted by Crippen LogP contribution is 2.34. The Morgan fingerprint density at radius 3 is 2.81 bits per heavy atom. The second-order valence-corrected chi connectivity index (χ2v) is 6.81. The number of rotatable bonds is 3. The van der Waals surface area contributed by atoms with Crippen molar-refractivity contribution in [2.75, 3.05) is 13.2 Å². The minimum absolute atomic E-state index is 0.0488. The third-order valence-corrected chi connectivity index (χ3v) is 3.89. The molecule has 2 rings (SSSR count). The van der Waals surface area contributed by atoms with Gasteiger partial charge in [-0.05, 0) is 18.8 Å². The molecule has 0 aromatic carbocycles. The molecule has 0 radical (unpaired) electrons. The second kappa shape index (κ2) is 6.02. The maximum absolute atomic E-state index is 12.1. The molecule has 2 N–H and O–H groups in total. The molecule has 5 nitrogen and oxygen atoms in total. The zero-order valence-electron chi connectivity index (χ0n) is 13.2. The lowest BCUT2D eigenvalue weighted by atomic mass is 9.81. The van der Waals surface area contributed by atoms with E-state index in [0.717, 1.165) is 18.7 Å². The number of carbonyl (C=O) groups is 1. The average Bonchev–Trinajstić information content (AvgIpc) is 2.84. The predicted octanol–water partition coefficient (Wildman–Crippen LogP) is 1.86. The van der Waals surface area contributed by atoms with E-state index < -0.39 is 0 Å². The van der Waals surface area contributed by atoms with Gasteiger partial charge in [0, 0.05) is 37.0 Å². The van der Waals surface area contributed by atoms with Crippen LogP contribution in [0.25, 0.3) is 0 Å². The number of pyridine rings is 1. The number of aromatic amines is 1. The van der Waals surface area contributed by atoms with Gasteiger partial charge in [0.2, 0.25) is 0 Å². The van der Waals surface area contributed by atoms with E-state index >= 15 is 0 Å². The van der Waals surface area contributed by atoms with Crippen LogP contribution in [0.5, 0.6) is 0 Å². The molecule has 2 atom stereocenters. The summed E-state index contributed by atoms with van der Waals surface area (Å²) in [6, 6.07) is 1.44. The van der Waals surface area contributed by atoms with E-state index in [4.69, 9.17) is 4.74 Å². The van der Waals surface area contributed by atoms with Crippen LogP contribution in [-0.2, 0) is 4.74 Å². The molecule has 5 heteroatoms. The number of hydrogen-bond donors (Lipinski definition) is 2. The molecule has 1 aliphatic rings. The lowest BCUT2D eigenvalue weighted by molar-refractivity contribution is 0.00737. The lowest BCUT2D eigenvalue weighted by Gasteiger charge is -2.31. The van der Waals surface area contributed by atoms with Crippen molar-refractivity contribution in [3.63, 3.8) is 0 Å². The van der Waals surface area contributed by atoms with Crippen molar-refractivity contribution in [2.24, 2.45) is 11.3 Å². The van der Waals surface area contributed by atoms with E-state index in [0.29, 0.717) is 12.5 Å². The lowest BCUT2D eigenvalue weighted by Crippen LogP contribution is -2.39. The van der Waals surface area contributed by atoms with Gasteiger partial charge in [0.25, 0.3) is 5.91 Å². The summed E-state index contributed by atoms with van der Waals surface area (Å²) in [7, 11) is 0. The van der Waals surface area contributed by atoms with Crippen molar-refractivity contribution in [1.29, 1.82) is 0 Å². The predicted molar refractivity (Wildman–Crippen MR) is 81.4 cm³/mol. The van der Waals surface area contributed by atoms with Gasteiger partial charge in [-0.15, -0.1) is 0 Å². The summed E-state index contributed by atoms with van der Waals surface area (Å²) in [6.45, 7) is 9.47. The fourth-order valence-corrected chi connectivity index (χ4v) is 2.87. The maximum Gasteiger partial charge on any atom is 0.256 e. The number of carbonyl (C=O) groups excluding carboxylic acids is 1. The topological polar surface area (TPSA) is 71.2 Å². The van der Waals surface area contributed by atoms with Crippen LogP contribution in [0, 0.1) is 18.3 Å². The zero-order valence-corrected chi connectivity index (χ0v) is 13.2. The molecule has 0 saturated carbocycles. The van der Waals surface area contributed by atoms with Crippen LogP contribution < -0.4 is 10.7 Å². The minimum atomic E-state index is -0.323. The van der Waals surface area contributed by atoms with E-state index in [9.17, 15) is 9.59 Å². The van der Waals surface area contributed by atoms with Crippen molar-refractivity contribution in [2.45, 2.75) is 40.2 Å². The summed E-state index contributed by atoms with van der Waals surface area (Å²) in [5.41, 5.74) is 0.701. The summed E-state index contributed by atoms with van der Waals surface area (Å²) in [4.78, 5) is 26.8. The molecule has 0 spiro atoms. The molecule has 1 aliphatic heterocycles. The molecule has 21 heavy (non-hydrogen) atoms. The van der Waals surface area contributed by atoms with Crippen LogP contribution in [0.15, 0.2) is 17.1 Å². The quantitative estimate of drug-likeness (QED) is 0.893. The van der Waals surface area contributed by atoms with Gasteiger partial charge in [0.1, 0.15) is 5.56 Å². The Labute approximate surface area is 125 Å². The van der Waals surface area contributed by atoms with Crippen LogP contribution in [0.1, 0.15) is 43.2 Å². The van der Waals surface area contributed by atoms with Gasteiger partial charge in [-0.1, -0.05) is 20.8 Å². The Kier molecular flexibility index (Phi) is 4.52. The molecule has 1 saturated heterocycles. The number of amides is 1. The van der Waals surface area contributed by atoms with Crippen LogP contribution in [0.3, 0.4) is 0 Å². The Hall–Kier alpha value is -1.62. The third kappa shape index (κ3) is 3.73. The molecule has 0 aliphatic carbocycles. The number of ether oxygens (including phenoxy) is 1. The van der Waals surface area contributed by atoms with Gasteiger partial charge in [-0.3, -0.25) is 9.59 Å². The number of aryl methyl sites for hydroxylation is 1. The SMILES string of the molecule is Cc1cc(=O)c(C(=O)NC[C@H]2CCO[C@@H]2C(C)(C)C)c[nH]1. The smallest absolute Gasteiger partial charge is 0.256 e. The number of aromatic nitrogens is 1. The van der Waals surface area contributed by atoms with Crippen LogP contribution in [-0.4, -0.2) is 30.1 Å². The van der Waals surface area contributed by atoms with Gasteiger partial charge >= 0.3 is 0 Å². The summed E-state index contributed by atoms with van der Waals surface area (Å²) in [6.07, 6.45) is 2.54. The third-order valence-electron chi connectivity index (χ3n) is 3.89. The van der Waals surface area contributed by atoms with Crippen molar-refractivity contribution in [3.8, 4) is 0 Å². The van der Waals surface area contributed by atoms with E-state index in [1.165, 1.54) is 12.3 Å². The van der Waals surface area contributed by atoms with Gasteiger partial charge in [0.15, 0.2) is 5.43 Å². The number of hydrogen-bond acceptors (Lipinski definition) is 3. The Bertz CT molecular complexity index is 572. The van der Waals surface area contributed by atoms with Crippen molar-refractivity contribution in [1.82, 2.24) is 10.3 Å². The molecule has 1 amide bonds. The van der Waals surface area contributed by atoms with Gasteiger partial charge in [0.05, 0.1) is 6.10 Å². The molecule has 1 aromatic heterocycles. The average molecular weight is 292 g/mol. The van der Waals surface area contributed by atoms with Crippen LogP contribution >= 0.6 is 0 Å². The van der Waals surface area contributed by atoms with Gasteiger partial charge in [-0.25, -0.2) is 0 Å². The van der Waals surface area contributed by atoms with Crippen LogP contribution in [0.2, 0.25) is 0 Å². The molecule has 1 fully saturated rings. The number of H-pyrrole nitrogens is 1. The molecule has 1 aromatic rings. The van der Waals surface area contributed by atoms with Crippen LogP contribution in [0.4, 0.5) is 0 Å². The number of nitrogens with one attached hydrogen (secondary N) is 2. The van der Waals surface area contributed by atoms with E-state index in [1.54, 1.807) is 6.92 Å². The summed E-state index contributed by atoms with van der Waals surface area (Å²) < 4.78 is 5.79. The largest absolute Gasteiger partial charge is 0.377 e. The normalized spacial score (nSPS) is 22.3. The fraction of sp³-hybridized carbons (Fsp3) is 0.625. The molecular formula is C16H24N2O3. The van der Waals surface area contributed by atoms with E-state index in [1.807, 2.05) is 0 Å². The van der Waals surface area contributed by atoms with Crippen molar-refractivity contribution >= 4 is 5.91 Å². The minimum Gasteiger partial charge on any atom is -0.377 e. The second-order valence-electron chi connectivity index (χ2n) is 6.81. The first-order valence-corrected chi connectivity index (χ1v) is 7.38. The van der Waals surface area contributed by atoms with Gasteiger partial charge < -0.3 is 15.0 Å². The Morgan fingerprint density at radius 2 is 2.19 bits per heavy atom. The van der Waals surface area contributed by atoms with E-state index in [2.05, 4.69) is 31.1 Å². The van der Waals surface area contributed by atoms with Gasteiger partial charge in [-0.2, -0.15) is 0 Å². The standard InChI is InChI=1S/C16H24N2O3/c1-10-7-13(19)12(9-17-10)15(20)18-8-11-5-6-21-14(11)16(2,3)4/h7,9,11,14H,5-6,8H2,1-4H3,(H,17,19)(H,18,20)/t11-,14+/m1/s1. The van der Waals surface area contributed by atoms with E-state index in [-0.39, 0.29) is 28.4 Å². The molecular weight excluding hydrogens is 268 g/mol. The first kappa shape index (κ1) is 15.8. The molecule has 0 bridgehead atoms. The highest BCUT2D eigenvalue weighted by molar-refractivity contribution is 5.93. The molecule has 116 valence electrons. The highest BCUT2D eigenvalue weighted by Gasteiger charge is 2.37. The monoisotopic (exact) mass is 292 g/mol. The first-order valence-electron chi connectivity index (χ1n) is 7.38. The maximum atomic E-state index is 12.1. The fourth-order valence-electron chi connectivity index (χ4n) is 2.87. The summed E-state index contributed by atoms with van der Waals surface area (Å²) >= 11 is 0. The zero-order chi connectivity index (χ0) is 15.6. The Morgan fingerprint density at radius 1 is 1.48 bits per heavy atom. The summed E-state index contributed by atoms with van der Waals surface area (Å²) in [5, 5.41) is 2.86. The first-order chi connectivity index (χ1) is 9.79. The molecule has 0 unspecified atom stereocenters. The van der Waals surface area contributed by atoms with Crippen molar-refractivity contribution in [3.05, 3.63) is 33.7 Å². The molecule has 2 heterocycles.